The molecule has 1 atom stereocenters. The third-order valence-electron chi connectivity index (χ3n) is 5.10. The summed E-state index contributed by atoms with van der Waals surface area (Å²) in [7, 11) is 2.13. The van der Waals surface area contributed by atoms with E-state index in [1.807, 2.05) is 11.0 Å². The quantitative estimate of drug-likeness (QED) is 0.885. The Bertz CT molecular complexity index is 726. The second-order valence-corrected chi connectivity index (χ2v) is 6.61. The molecule has 1 unspecified atom stereocenters. The molecule has 6 nitrogen and oxygen atoms in total. The zero-order valence-electron chi connectivity index (χ0n) is 14.0. The highest BCUT2D eigenvalue weighted by atomic mass is 16.2. The summed E-state index contributed by atoms with van der Waals surface area (Å²) >= 11 is 0. The largest absolute Gasteiger partial charge is 0.368 e. The van der Waals surface area contributed by atoms with Crippen molar-refractivity contribution in [3.8, 4) is 0 Å². The highest BCUT2D eigenvalue weighted by Crippen LogP contribution is 2.27. The standard InChI is InChI=1S/C18H23N5O/c1-22-10-11-23(12-15(22)13-6-3-2-4-7-13)18(24)16-14-8-5-9-19-17(14)21-20-16/h2-4,6-7,15H,5,8-12H2,1H3,(H2,19,20,21). The van der Waals surface area contributed by atoms with Gasteiger partial charge >= 0.3 is 0 Å². The first-order chi connectivity index (χ1) is 11.7. The summed E-state index contributed by atoms with van der Waals surface area (Å²) in [5.41, 5.74) is 2.96. The zero-order valence-corrected chi connectivity index (χ0v) is 14.0. The number of rotatable bonds is 2. The average Bonchev–Trinajstić information content (AvgIpc) is 3.06. The lowest BCUT2D eigenvalue weighted by molar-refractivity contribution is 0.0539. The Hall–Kier alpha value is -2.34. The topological polar surface area (TPSA) is 64.3 Å². The molecule has 1 fully saturated rings. The van der Waals surface area contributed by atoms with Gasteiger partial charge in [-0.15, -0.1) is 0 Å². The number of hydrogen-bond acceptors (Lipinski definition) is 4. The minimum Gasteiger partial charge on any atom is -0.368 e. The molecule has 1 saturated heterocycles. The first-order valence-corrected chi connectivity index (χ1v) is 8.59. The van der Waals surface area contributed by atoms with Crippen molar-refractivity contribution >= 4 is 11.7 Å². The number of amides is 1. The van der Waals surface area contributed by atoms with Crippen LogP contribution in [0.25, 0.3) is 0 Å². The molecule has 1 aromatic heterocycles. The van der Waals surface area contributed by atoms with Crippen molar-refractivity contribution in [2.45, 2.75) is 18.9 Å². The van der Waals surface area contributed by atoms with E-state index in [0.29, 0.717) is 12.2 Å². The van der Waals surface area contributed by atoms with Crippen molar-refractivity contribution in [3.63, 3.8) is 0 Å². The lowest BCUT2D eigenvalue weighted by Gasteiger charge is -2.39. The fraction of sp³-hybridized carbons (Fsp3) is 0.444. The number of anilines is 1. The van der Waals surface area contributed by atoms with E-state index in [9.17, 15) is 4.79 Å². The minimum absolute atomic E-state index is 0.0708. The molecule has 0 bridgehead atoms. The molecule has 4 rings (SSSR count). The van der Waals surface area contributed by atoms with Crippen LogP contribution in [-0.2, 0) is 6.42 Å². The Morgan fingerprint density at radius 3 is 2.92 bits per heavy atom. The van der Waals surface area contributed by atoms with E-state index in [1.54, 1.807) is 0 Å². The van der Waals surface area contributed by atoms with E-state index in [1.165, 1.54) is 5.56 Å². The summed E-state index contributed by atoms with van der Waals surface area (Å²) < 4.78 is 0. The zero-order chi connectivity index (χ0) is 16.5. The van der Waals surface area contributed by atoms with Crippen molar-refractivity contribution in [3.05, 3.63) is 47.2 Å². The number of aromatic nitrogens is 2. The molecule has 2 aliphatic heterocycles. The van der Waals surface area contributed by atoms with Gasteiger partial charge in [0.15, 0.2) is 5.82 Å². The summed E-state index contributed by atoms with van der Waals surface area (Å²) in [6, 6.07) is 10.6. The van der Waals surface area contributed by atoms with Gasteiger partial charge in [0.2, 0.25) is 0 Å². The molecule has 0 saturated carbocycles. The van der Waals surface area contributed by atoms with Crippen molar-refractivity contribution in [2.24, 2.45) is 0 Å². The SMILES string of the molecule is CN1CCN(C(=O)c2[nH]nc3c2CCCN3)CC1c1ccccc1. The Morgan fingerprint density at radius 1 is 1.25 bits per heavy atom. The van der Waals surface area contributed by atoms with Crippen LogP contribution in [0.1, 0.15) is 34.1 Å². The van der Waals surface area contributed by atoms with Crippen molar-refractivity contribution in [2.75, 3.05) is 38.5 Å². The van der Waals surface area contributed by atoms with Crippen LogP contribution in [0.5, 0.6) is 0 Å². The summed E-state index contributed by atoms with van der Waals surface area (Å²) in [6.45, 7) is 3.26. The number of carbonyl (C=O) groups is 1. The van der Waals surface area contributed by atoms with Gasteiger partial charge in [-0.25, -0.2) is 0 Å². The van der Waals surface area contributed by atoms with Crippen LogP contribution in [0.15, 0.2) is 30.3 Å². The predicted molar refractivity (Wildman–Crippen MR) is 93.1 cm³/mol. The van der Waals surface area contributed by atoms with E-state index >= 15 is 0 Å². The molecular weight excluding hydrogens is 302 g/mol. The molecule has 2 aliphatic rings. The number of carbonyl (C=O) groups excluding carboxylic acids is 1. The highest BCUT2D eigenvalue weighted by Gasteiger charge is 2.31. The van der Waals surface area contributed by atoms with Gasteiger partial charge in [0.25, 0.3) is 5.91 Å². The molecule has 3 heterocycles. The van der Waals surface area contributed by atoms with Gasteiger partial charge in [-0.05, 0) is 25.5 Å². The summed E-state index contributed by atoms with van der Waals surface area (Å²) in [5, 5.41) is 10.5. The lowest BCUT2D eigenvalue weighted by atomic mass is 10.0. The van der Waals surface area contributed by atoms with Crippen LogP contribution in [0.3, 0.4) is 0 Å². The number of nitrogens with zero attached hydrogens (tertiary/aromatic N) is 3. The number of nitrogens with one attached hydrogen (secondary N) is 2. The van der Waals surface area contributed by atoms with Crippen LogP contribution in [-0.4, -0.2) is 59.1 Å². The maximum absolute atomic E-state index is 13.0. The maximum Gasteiger partial charge on any atom is 0.272 e. The smallest absolute Gasteiger partial charge is 0.272 e. The third-order valence-corrected chi connectivity index (χ3v) is 5.10. The third kappa shape index (κ3) is 2.67. The summed E-state index contributed by atoms with van der Waals surface area (Å²) in [6.07, 6.45) is 1.96. The number of benzene rings is 1. The number of likely N-dealkylation sites (N-methyl/N-ethyl adjacent to an activating group) is 1. The van der Waals surface area contributed by atoms with Gasteiger partial charge in [-0.2, -0.15) is 5.10 Å². The molecule has 6 heteroatoms. The number of fused-ring (bicyclic) bond motifs is 1. The van der Waals surface area contributed by atoms with Gasteiger partial charge in [-0.1, -0.05) is 30.3 Å². The fourth-order valence-corrected chi connectivity index (χ4v) is 3.65. The highest BCUT2D eigenvalue weighted by molar-refractivity contribution is 5.95. The van der Waals surface area contributed by atoms with Gasteiger partial charge in [-0.3, -0.25) is 14.8 Å². The summed E-state index contributed by atoms with van der Waals surface area (Å²) in [4.78, 5) is 17.3. The Kier molecular flexibility index (Phi) is 3.98. The van der Waals surface area contributed by atoms with Crippen LogP contribution < -0.4 is 5.32 Å². The van der Waals surface area contributed by atoms with Crippen molar-refractivity contribution < 1.29 is 4.79 Å². The van der Waals surface area contributed by atoms with E-state index < -0.39 is 0 Å². The normalized spacial score (nSPS) is 21.2. The summed E-state index contributed by atoms with van der Waals surface area (Å²) in [5.74, 6) is 0.916. The first-order valence-electron chi connectivity index (χ1n) is 8.59. The van der Waals surface area contributed by atoms with Crippen LogP contribution in [0.4, 0.5) is 5.82 Å². The van der Waals surface area contributed by atoms with E-state index in [0.717, 1.165) is 43.9 Å². The number of aromatic amines is 1. The Labute approximate surface area is 141 Å². The molecule has 126 valence electrons. The average molecular weight is 325 g/mol. The van der Waals surface area contributed by atoms with Crippen molar-refractivity contribution in [1.82, 2.24) is 20.0 Å². The van der Waals surface area contributed by atoms with Crippen molar-refractivity contribution in [1.29, 1.82) is 0 Å². The first kappa shape index (κ1) is 15.2. The van der Waals surface area contributed by atoms with Gasteiger partial charge in [0.05, 0.1) is 6.04 Å². The molecule has 1 aromatic carbocycles. The van der Waals surface area contributed by atoms with Crippen LogP contribution in [0, 0.1) is 0 Å². The van der Waals surface area contributed by atoms with E-state index in [-0.39, 0.29) is 11.9 Å². The van der Waals surface area contributed by atoms with Gasteiger partial charge < -0.3 is 10.2 Å². The molecule has 0 radical (unpaired) electrons. The number of H-pyrrole nitrogens is 1. The van der Waals surface area contributed by atoms with E-state index in [2.05, 4.69) is 51.7 Å². The monoisotopic (exact) mass is 325 g/mol. The second kappa shape index (κ2) is 6.28. The van der Waals surface area contributed by atoms with Gasteiger partial charge in [0.1, 0.15) is 5.69 Å². The maximum atomic E-state index is 13.0. The molecule has 0 aliphatic carbocycles. The molecule has 0 spiro atoms. The second-order valence-electron chi connectivity index (χ2n) is 6.61. The van der Waals surface area contributed by atoms with Crippen LogP contribution >= 0.6 is 0 Å². The number of piperazine rings is 1. The number of hydrogen-bond donors (Lipinski definition) is 2. The molecule has 24 heavy (non-hydrogen) atoms. The van der Waals surface area contributed by atoms with Crippen LogP contribution in [0.2, 0.25) is 0 Å². The Morgan fingerprint density at radius 2 is 2.08 bits per heavy atom. The molecule has 1 amide bonds. The molecule has 2 aromatic rings. The molecular formula is C18H23N5O. The lowest BCUT2D eigenvalue weighted by Crippen LogP contribution is -2.49. The minimum atomic E-state index is 0.0708. The van der Waals surface area contributed by atoms with E-state index in [4.69, 9.17) is 0 Å². The fourth-order valence-electron chi connectivity index (χ4n) is 3.65. The van der Waals surface area contributed by atoms with Gasteiger partial charge in [0, 0.05) is 31.7 Å². The predicted octanol–water partition coefficient (Wildman–Crippen LogP) is 1.90. The Balaban J connectivity index is 1.56. The molecule has 2 N–H and O–H groups in total.